The molecule has 27 heavy (non-hydrogen) atoms. The third-order valence-electron chi connectivity index (χ3n) is 3.76. The van der Waals surface area contributed by atoms with E-state index in [1.54, 1.807) is 18.2 Å². The molecule has 4 aromatic rings. The summed E-state index contributed by atoms with van der Waals surface area (Å²) in [7, 11) is 0. The highest BCUT2D eigenvalue weighted by Crippen LogP contribution is 2.28. The van der Waals surface area contributed by atoms with Crippen molar-refractivity contribution < 1.29 is 18.5 Å². The number of thiazole rings is 1. The fourth-order valence-electron chi connectivity index (χ4n) is 2.47. The average molecular weight is 383 g/mol. The second kappa shape index (κ2) is 6.61. The smallest absolute Gasteiger partial charge is 0.293 e. The lowest BCUT2D eigenvalue weighted by Crippen LogP contribution is -2.10. The number of rotatable bonds is 4. The average Bonchev–Trinajstić information content (AvgIpc) is 3.28. The molecular weight excluding hydrogens is 373 g/mol. The number of furan rings is 1. The van der Waals surface area contributed by atoms with Crippen molar-refractivity contribution in [1.29, 1.82) is 0 Å². The first kappa shape index (κ1) is 16.9. The molecule has 0 aliphatic carbocycles. The Kier molecular flexibility index (Phi) is 4.13. The van der Waals surface area contributed by atoms with Crippen LogP contribution in [0.25, 0.3) is 21.5 Å². The summed E-state index contributed by atoms with van der Waals surface area (Å²) in [6.07, 6.45) is 0. The molecule has 9 heteroatoms. The summed E-state index contributed by atoms with van der Waals surface area (Å²) >= 11 is 1.15. The molecule has 2 aromatic carbocycles. The van der Waals surface area contributed by atoms with Gasteiger partial charge in [-0.2, -0.15) is 0 Å². The monoisotopic (exact) mass is 383 g/mol. The molecule has 0 unspecified atom stereocenters. The molecular formula is C18H10FN3O4S. The largest absolute Gasteiger partial charge is 0.451 e. The zero-order chi connectivity index (χ0) is 19.0. The number of carbonyl (C=O) groups excluding carboxylic acids is 1. The quantitative estimate of drug-likeness (QED) is 0.401. The van der Waals surface area contributed by atoms with Crippen LogP contribution in [-0.2, 0) is 0 Å². The van der Waals surface area contributed by atoms with E-state index in [0.717, 1.165) is 11.3 Å². The molecule has 0 atom stereocenters. The van der Waals surface area contributed by atoms with E-state index >= 15 is 0 Å². The molecule has 0 saturated carbocycles. The van der Waals surface area contributed by atoms with Gasteiger partial charge in [0.2, 0.25) is 0 Å². The molecule has 2 aromatic heterocycles. The van der Waals surface area contributed by atoms with Crippen LogP contribution in [0.15, 0.2) is 59.0 Å². The van der Waals surface area contributed by atoms with Crippen LogP contribution in [-0.4, -0.2) is 15.8 Å². The molecule has 0 radical (unpaired) electrons. The third-order valence-corrected chi connectivity index (χ3v) is 4.70. The van der Waals surface area contributed by atoms with E-state index in [4.69, 9.17) is 4.42 Å². The highest BCUT2D eigenvalue weighted by molar-refractivity contribution is 7.22. The fraction of sp³-hybridized carbons (Fsp3) is 0. The SMILES string of the molecule is O=C(Nc1nc2ccc(F)cc2s1)c1ccc(-c2ccc([N+](=O)[O-])cc2)o1. The Balaban J connectivity index is 1.53. The maximum atomic E-state index is 13.2. The van der Waals surface area contributed by atoms with Gasteiger partial charge in [0.25, 0.3) is 11.6 Å². The highest BCUT2D eigenvalue weighted by Gasteiger charge is 2.15. The number of nitro benzene ring substituents is 1. The summed E-state index contributed by atoms with van der Waals surface area (Å²) in [6.45, 7) is 0. The Bertz CT molecular complexity index is 1170. The number of hydrogen-bond acceptors (Lipinski definition) is 6. The Labute approximate surface area is 155 Å². The van der Waals surface area contributed by atoms with Gasteiger partial charge < -0.3 is 4.42 Å². The van der Waals surface area contributed by atoms with Gasteiger partial charge in [0, 0.05) is 17.7 Å². The maximum Gasteiger partial charge on any atom is 0.293 e. The molecule has 0 spiro atoms. The Morgan fingerprint density at radius 1 is 1.15 bits per heavy atom. The van der Waals surface area contributed by atoms with Gasteiger partial charge in [0.15, 0.2) is 10.9 Å². The summed E-state index contributed by atoms with van der Waals surface area (Å²) in [5.41, 5.74) is 1.16. The summed E-state index contributed by atoms with van der Waals surface area (Å²) in [5.74, 6) is -0.402. The van der Waals surface area contributed by atoms with Crippen LogP contribution in [0.4, 0.5) is 15.2 Å². The topological polar surface area (TPSA) is 98.3 Å². The molecule has 1 N–H and O–H groups in total. The van der Waals surface area contributed by atoms with Crippen molar-refractivity contribution in [2.45, 2.75) is 0 Å². The van der Waals surface area contributed by atoms with E-state index < -0.39 is 10.8 Å². The van der Waals surface area contributed by atoms with Gasteiger partial charge in [-0.1, -0.05) is 11.3 Å². The lowest BCUT2D eigenvalue weighted by atomic mass is 10.1. The van der Waals surface area contributed by atoms with Crippen LogP contribution < -0.4 is 5.32 Å². The van der Waals surface area contributed by atoms with E-state index in [0.29, 0.717) is 26.7 Å². The van der Waals surface area contributed by atoms with Crippen molar-refractivity contribution in [3.05, 3.63) is 76.3 Å². The zero-order valence-corrected chi connectivity index (χ0v) is 14.3. The van der Waals surface area contributed by atoms with Crippen molar-refractivity contribution in [2.75, 3.05) is 5.32 Å². The van der Waals surface area contributed by atoms with Crippen LogP contribution in [0.5, 0.6) is 0 Å². The van der Waals surface area contributed by atoms with E-state index in [9.17, 15) is 19.3 Å². The molecule has 0 aliphatic heterocycles. The first-order chi connectivity index (χ1) is 13.0. The normalized spacial score (nSPS) is 10.9. The first-order valence-corrected chi connectivity index (χ1v) is 8.53. The molecule has 2 heterocycles. The Hall–Kier alpha value is -3.59. The number of nitro groups is 1. The van der Waals surface area contributed by atoms with Crippen molar-refractivity contribution in [1.82, 2.24) is 4.98 Å². The molecule has 1 amide bonds. The number of hydrogen-bond donors (Lipinski definition) is 1. The number of fused-ring (bicyclic) bond motifs is 1. The van der Waals surface area contributed by atoms with Gasteiger partial charge >= 0.3 is 0 Å². The Morgan fingerprint density at radius 3 is 2.67 bits per heavy atom. The van der Waals surface area contributed by atoms with Crippen LogP contribution in [0.2, 0.25) is 0 Å². The number of nitrogens with zero attached hydrogens (tertiary/aromatic N) is 2. The number of benzene rings is 2. The van der Waals surface area contributed by atoms with Crippen LogP contribution in [0, 0.1) is 15.9 Å². The van der Waals surface area contributed by atoms with Gasteiger partial charge in [-0.3, -0.25) is 20.2 Å². The van der Waals surface area contributed by atoms with Gasteiger partial charge in [0.05, 0.1) is 15.1 Å². The third kappa shape index (κ3) is 3.40. The van der Waals surface area contributed by atoms with E-state index in [2.05, 4.69) is 10.3 Å². The van der Waals surface area contributed by atoms with Gasteiger partial charge in [0.1, 0.15) is 11.6 Å². The number of non-ortho nitro benzene ring substituents is 1. The molecule has 0 bridgehead atoms. The molecule has 134 valence electrons. The Morgan fingerprint density at radius 2 is 1.93 bits per heavy atom. The number of carbonyl (C=O) groups is 1. The molecule has 0 saturated heterocycles. The van der Waals surface area contributed by atoms with E-state index in [1.165, 1.54) is 36.4 Å². The highest BCUT2D eigenvalue weighted by atomic mass is 32.1. The molecule has 4 rings (SSSR count). The van der Waals surface area contributed by atoms with Gasteiger partial charge in [-0.25, -0.2) is 9.37 Å². The van der Waals surface area contributed by atoms with Gasteiger partial charge in [-0.05, 0) is 42.5 Å². The van der Waals surface area contributed by atoms with Crippen LogP contribution in [0.3, 0.4) is 0 Å². The second-order valence-electron chi connectivity index (χ2n) is 5.55. The minimum absolute atomic E-state index is 0.0319. The van der Waals surface area contributed by atoms with Crippen LogP contribution >= 0.6 is 11.3 Å². The van der Waals surface area contributed by atoms with Crippen LogP contribution in [0.1, 0.15) is 10.6 Å². The minimum Gasteiger partial charge on any atom is -0.451 e. The summed E-state index contributed by atoms with van der Waals surface area (Å²) < 4.78 is 19.4. The minimum atomic E-state index is -0.498. The van der Waals surface area contributed by atoms with E-state index in [1.807, 2.05) is 0 Å². The first-order valence-electron chi connectivity index (χ1n) is 7.72. The van der Waals surface area contributed by atoms with Crippen molar-refractivity contribution >= 4 is 38.3 Å². The molecule has 0 aliphatic rings. The molecule has 7 nitrogen and oxygen atoms in total. The maximum absolute atomic E-state index is 13.2. The summed E-state index contributed by atoms with van der Waals surface area (Å²) in [6, 6.07) is 13.1. The summed E-state index contributed by atoms with van der Waals surface area (Å²) in [5, 5.41) is 13.6. The van der Waals surface area contributed by atoms with Crippen molar-refractivity contribution in [2.24, 2.45) is 0 Å². The number of anilines is 1. The second-order valence-corrected chi connectivity index (χ2v) is 6.58. The zero-order valence-electron chi connectivity index (χ0n) is 13.5. The number of amides is 1. The van der Waals surface area contributed by atoms with Crippen molar-refractivity contribution in [3.8, 4) is 11.3 Å². The standard InChI is InChI=1S/C18H10FN3O4S/c19-11-3-6-13-16(9-11)27-18(20-13)21-17(23)15-8-7-14(26-15)10-1-4-12(5-2-10)22(24)25/h1-9H,(H,20,21,23). The number of aromatic nitrogens is 1. The summed E-state index contributed by atoms with van der Waals surface area (Å²) in [4.78, 5) is 26.8. The molecule has 0 fully saturated rings. The fourth-order valence-corrected chi connectivity index (χ4v) is 3.36. The van der Waals surface area contributed by atoms with E-state index in [-0.39, 0.29) is 17.3 Å². The lowest BCUT2D eigenvalue weighted by molar-refractivity contribution is -0.384. The predicted octanol–water partition coefficient (Wildman–Crippen LogP) is 4.86. The predicted molar refractivity (Wildman–Crippen MR) is 98.3 cm³/mol. The van der Waals surface area contributed by atoms with Crippen molar-refractivity contribution in [3.63, 3.8) is 0 Å². The number of nitrogens with one attached hydrogen (secondary N) is 1. The lowest BCUT2D eigenvalue weighted by Gasteiger charge is -1.99. The van der Waals surface area contributed by atoms with Gasteiger partial charge in [-0.15, -0.1) is 0 Å². The number of halogens is 1.